The van der Waals surface area contributed by atoms with Gasteiger partial charge < -0.3 is 9.80 Å². The zero-order valence-corrected chi connectivity index (χ0v) is 14.8. The molecule has 1 aliphatic heterocycles. The summed E-state index contributed by atoms with van der Waals surface area (Å²) in [4.78, 5) is 33.1. The van der Waals surface area contributed by atoms with Crippen molar-refractivity contribution >= 4 is 23.2 Å². The first-order valence-electron chi connectivity index (χ1n) is 8.71. The van der Waals surface area contributed by atoms with Crippen LogP contribution in [0.2, 0.25) is 0 Å². The molecule has 25 heavy (non-hydrogen) atoms. The van der Waals surface area contributed by atoms with Crippen LogP contribution in [-0.4, -0.2) is 45.7 Å². The zero-order valence-electron chi connectivity index (χ0n) is 14.0. The average Bonchev–Trinajstić information content (AvgIpc) is 3.21. The summed E-state index contributed by atoms with van der Waals surface area (Å²) in [6.45, 7) is 1.37. The molecule has 6 heteroatoms. The predicted molar refractivity (Wildman–Crippen MR) is 96.1 cm³/mol. The zero-order chi connectivity index (χ0) is 17.2. The Balaban J connectivity index is 1.40. The van der Waals surface area contributed by atoms with Crippen molar-refractivity contribution in [2.45, 2.75) is 37.8 Å². The predicted octanol–water partition coefficient (Wildman–Crippen LogP) is 2.65. The number of amides is 2. The van der Waals surface area contributed by atoms with E-state index in [4.69, 9.17) is 0 Å². The van der Waals surface area contributed by atoms with Gasteiger partial charge in [-0.2, -0.15) is 0 Å². The maximum Gasteiger partial charge on any atom is 0.242 e. The number of nitrogens with zero attached hydrogens (tertiary/aromatic N) is 3. The maximum absolute atomic E-state index is 12.8. The van der Waals surface area contributed by atoms with Gasteiger partial charge in [0.05, 0.1) is 13.1 Å². The highest BCUT2D eigenvalue weighted by atomic mass is 32.1. The van der Waals surface area contributed by atoms with E-state index in [9.17, 15) is 9.59 Å². The number of likely N-dealkylation sites (tertiary alicyclic amines) is 1. The van der Waals surface area contributed by atoms with Gasteiger partial charge in [-0.25, -0.2) is 4.98 Å². The summed E-state index contributed by atoms with van der Waals surface area (Å²) in [5, 5.41) is 2.88. The van der Waals surface area contributed by atoms with Crippen LogP contribution in [0.25, 0.3) is 0 Å². The summed E-state index contributed by atoms with van der Waals surface area (Å²) in [7, 11) is 0. The van der Waals surface area contributed by atoms with Crippen molar-refractivity contribution < 1.29 is 9.59 Å². The van der Waals surface area contributed by atoms with Gasteiger partial charge in [0.1, 0.15) is 5.01 Å². The molecule has 2 heterocycles. The maximum atomic E-state index is 12.8. The summed E-state index contributed by atoms with van der Waals surface area (Å²) < 4.78 is 0. The minimum Gasteiger partial charge on any atom is -0.333 e. The van der Waals surface area contributed by atoms with E-state index in [1.54, 1.807) is 22.4 Å². The van der Waals surface area contributed by atoms with Gasteiger partial charge in [0.25, 0.3) is 0 Å². The summed E-state index contributed by atoms with van der Waals surface area (Å²) in [6.07, 6.45) is 4.37. The quantitative estimate of drug-likeness (QED) is 0.800. The van der Waals surface area contributed by atoms with Crippen LogP contribution < -0.4 is 0 Å². The molecule has 130 valence electrons. The van der Waals surface area contributed by atoms with Gasteiger partial charge in [0.2, 0.25) is 11.8 Å². The second-order valence-corrected chi connectivity index (χ2v) is 7.74. The third kappa shape index (κ3) is 3.74. The fourth-order valence-corrected chi connectivity index (χ4v) is 4.03. The number of hydrogen-bond acceptors (Lipinski definition) is 4. The topological polar surface area (TPSA) is 53.5 Å². The largest absolute Gasteiger partial charge is 0.333 e. The third-order valence-electron chi connectivity index (χ3n) is 4.91. The monoisotopic (exact) mass is 355 g/mol. The normalized spacial score (nSPS) is 20.1. The number of carbonyl (C=O) groups is 2. The smallest absolute Gasteiger partial charge is 0.242 e. The molecule has 1 atom stereocenters. The van der Waals surface area contributed by atoms with Crippen LogP contribution in [0, 0.1) is 0 Å². The first kappa shape index (κ1) is 16.3. The van der Waals surface area contributed by atoms with Crippen molar-refractivity contribution in [1.82, 2.24) is 14.8 Å². The fraction of sp³-hybridized carbons (Fsp3) is 0.421. The van der Waals surface area contributed by atoms with Crippen LogP contribution in [0.3, 0.4) is 0 Å². The lowest BCUT2D eigenvalue weighted by molar-refractivity contribution is -0.139. The third-order valence-corrected chi connectivity index (χ3v) is 5.67. The van der Waals surface area contributed by atoms with Gasteiger partial charge in [-0.05, 0) is 18.4 Å². The van der Waals surface area contributed by atoms with E-state index < -0.39 is 0 Å². The number of rotatable bonds is 6. The Bertz CT molecular complexity index is 743. The molecule has 0 N–H and O–H groups in total. The highest BCUT2D eigenvalue weighted by Crippen LogP contribution is 2.31. The molecule has 1 saturated heterocycles. The first-order chi connectivity index (χ1) is 12.2. The molecule has 1 saturated carbocycles. The molecule has 2 aliphatic rings. The van der Waals surface area contributed by atoms with Crippen LogP contribution in [0.4, 0.5) is 0 Å². The Morgan fingerprint density at radius 3 is 2.76 bits per heavy atom. The van der Waals surface area contributed by atoms with Crippen LogP contribution >= 0.6 is 11.3 Å². The Labute approximate surface area is 151 Å². The molecule has 1 aliphatic carbocycles. The second-order valence-electron chi connectivity index (χ2n) is 6.76. The summed E-state index contributed by atoms with van der Waals surface area (Å²) >= 11 is 1.57. The lowest BCUT2D eigenvalue weighted by Crippen LogP contribution is -2.41. The molecule has 0 radical (unpaired) electrons. The van der Waals surface area contributed by atoms with E-state index in [0.717, 1.165) is 17.8 Å². The van der Waals surface area contributed by atoms with E-state index in [0.29, 0.717) is 25.6 Å². The van der Waals surface area contributed by atoms with E-state index in [1.807, 2.05) is 28.5 Å². The van der Waals surface area contributed by atoms with Gasteiger partial charge in [0.15, 0.2) is 0 Å². The summed E-state index contributed by atoms with van der Waals surface area (Å²) in [6, 6.07) is 10.4. The standard InChI is InChI=1S/C19H21N3O2S/c23-18-10-15(14-4-2-1-3-5-14)11-21(18)13-19(24)22(16-6-7-16)12-17-20-8-9-25-17/h1-5,8-9,15-16H,6-7,10-13H2/t15-/m0/s1. The number of thiazole rings is 1. The Kier molecular flexibility index (Phi) is 4.53. The van der Waals surface area contributed by atoms with E-state index in [2.05, 4.69) is 17.1 Å². The van der Waals surface area contributed by atoms with Crippen molar-refractivity contribution in [2.75, 3.05) is 13.1 Å². The number of hydrogen-bond donors (Lipinski definition) is 0. The molecule has 2 amide bonds. The fourth-order valence-electron chi connectivity index (χ4n) is 3.41. The Hall–Kier alpha value is -2.21. The van der Waals surface area contributed by atoms with Crippen LogP contribution in [0.15, 0.2) is 41.9 Å². The molecular weight excluding hydrogens is 334 g/mol. The van der Waals surface area contributed by atoms with Crippen LogP contribution in [0.5, 0.6) is 0 Å². The van der Waals surface area contributed by atoms with Crippen LogP contribution in [-0.2, 0) is 16.1 Å². The van der Waals surface area contributed by atoms with Crippen molar-refractivity contribution in [2.24, 2.45) is 0 Å². The van der Waals surface area contributed by atoms with Gasteiger partial charge in [0, 0.05) is 36.5 Å². The van der Waals surface area contributed by atoms with Crippen LogP contribution in [0.1, 0.15) is 35.8 Å². The minimum atomic E-state index is 0.0414. The highest BCUT2D eigenvalue weighted by molar-refractivity contribution is 7.09. The van der Waals surface area contributed by atoms with E-state index in [-0.39, 0.29) is 24.3 Å². The summed E-state index contributed by atoms with van der Waals surface area (Å²) in [5.41, 5.74) is 1.17. The molecule has 0 bridgehead atoms. The Morgan fingerprint density at radius 1 is 1.28 bits per heavy atom. The highest BCUT2D eigenvalue weighted by Gasteiger charge is 2.37. The number of benzene rings is 1. The molecule has 5 nitrogen and oxygen atoms in total. The number of carbonyl (C=O) groups excluding carboxylic acids is 2. The SMILES string of the molecule is O=C1C[C@H](c2ccccc2)CN1CC(=O)N(Cc1nccs1)C1CC1. The van der Waals surface area contributed by atoms with Crippen molar-refractivity contribution in [3.63, 3.8) is 0 Å². The average molecular weight is 355 g/mol. The summed E-state index contributed by atoms with van der Waals surface area (Å²) in [5.74, 6) is 0.307. The van der Waals surface area contributed by atoms with Gasteiger partial charge >= 0.3 is 0 Å². The molecule has 0 unspecified atom stereocenters. The Morgan fingerprint density at radius 2 is 2.08 bits per heavy atom. The van der Waals surface area contributed by atoms with Gasteiger partial charge in [-0.1, -0.05) is 30.3 Å². The first-order valence-corrected chi connectivity index (χ1v) is 9.59. The van der Waals surface area contributed by atoms with E-state index in [1.165, 1.54) is 5.56 Å². The van der Waals surface area contributed by atoms with Gasteiger partial charge in [-0.3, -0.25) is 9.59 Å². The molecule has 4 rings (SSSR count). The molecule has 1 aromatic carbocycles. The minimum absolute atomic E-state index is 0.0414. The van der Waals surface area contributed by atoms with Crippen molar-refractivity contribution in [3.8, 4) is 0 Å². The number of aromatic nitrogens is 1. The van der Waals surface area contributed by atoms with Crippen molar-refractivity contribution in [1.29, 1.82) is 0 Å². The molecule has 0 spiro atoms. The molecular formula is C19H21N3O2S. The second kappa shape index (κ2) is 6.96. The molecule has 2 aromatic rings. The van der Waals surface area contributed by atoms with Gasteiger partial charge in [-0.15, -0.1) is 11.3 Å². The lowest BCUT2D eigenvalue weighted by Gasteiger charge is -2.25. The molecule has 2 fully saturated rings. The molecule has 1 aromatic heterocycles. The van der Waals surface area contributed by atoms with Crippen molar-refractivity contribution in [3.05, 3.63) is 52.5 Å². The van der Waals surface area contributed by atoms with E-state index >= 15 is 0 Å². The lowest BCUT2D eigenvalue weighted by atomic mass is 9.99.